The Morgan fingerprint density at radius 1 is 1.17 bits per heavy atom. The second-order valence-corrected chi connectivity index (χ2v) is 4.41. The number of ether oxygens (including phenoxy) is 1. The summed E-state index contributed by atoms with van der Waals surface area (Å²) in [6, 6.07) is 5.69. The minimum atomic E-state index is -0.206. The van der Waals surface area contributed by atoms with Crippen LogP contribution < -0.4 is 10.1 Å². The van der Waals surface area contributed by atoms with Crippen LogP contribution >= 0.6 is 0 Å². The van der Waals surface area contributed by atoms with E-state index in [4.69, 9.17) is 4.74 Å². The molecular formula is C15H18NO2. The van der Waals surface area contributed by atoms with Gasteiger partial charge in [-0.3, -0.25) is 4.79 Å². The Morgan fingerprint density at radius 2 is 2.06 bits per heavy atom. The highest BCUT2D eigenvalue weighted by molar-refractivity contribution is 5.99. The summed E-state index contributed by atoms with van der Waals surface area (Å²) < 4.78 is 5.66. The van der Waals surface area contributed by atoms with E-state index in [1.807, 2.05) is 18.2 Å². The molecule has 1 aliphatic heterocycles. The summed E-state index contributed by atoms with van der Waals surface area (Å²) in [6.45, 7) is 2.92. The first-order chi connectivity index (χ1) is 8.79. The third-order valence-electron chi connectivity index (χ3n) is 2.90. The molecular weight excluding hydrogens is 226 g/mol. The number of amides is 1. The lowest BCUT2D eigenvalue weighted by molar-refractivity contribution is -0.115. The molecule has 0 aromatic heterocycles. The normalized spacial score (nSPS) is 13.1. The van der Waals surface area contributed by atoms with E-state index in [9.17, 15) is 4.79 Å². The number of hydrogen-bond acceptors (Lipinski definition) is 2. The maximum absolute atomic E-state index is 11.2. The van der Waals surface area contributed by atoms with Gasteiger partial charge in [-0.05, 0) is 24.6 Å². The van der Waals surface area contributed by atoms with Crippen LogP contribution in [0.15, 0.2) is 24.3 Å². The monoisotopic (exact) mass is 244 g/mol. The molecule has 1 aromatic rings. The van der Waals surface area contributed by atoms with Gasteiger partial charge in [0.1, 0.15) is 5.75 Å². The van der Waals surface area contributed by atoms with Crippen LogP contribution in [0.25, 0.3) is 6.08 Å². The summed E-state index contributed by atoms with van der Waals surface area (Å²) in [5.41, 5.74) is 1.67. The Hall–Kier alpha value is -1.77. The minimum Gasteiger partial charge on any atom is -0.494 e. The van der Waals surface area contributed by atoms with Gasteiger partial charge in [-0.25, -0.2) is 5.32 Å². The number of unbranched alkanes of at least 4 members (excludes halogenated alkanes) is 3. The van der Waals surface area contributed by atoms with E-state index in [1.54, 1.807) is 6.08 Å². The van der Waals surface area contributed by atoms with Crippen molar-refractivity contribution in [2.24, 2.45) is 0 Å². The van der Waals surface area contributed by atoms with Crippen LogP contribution in [-0.4, -0.2) is 12.5 Å². The van der Waals surface area contributed by atoms with Crippen LogP contribution in [0.5, 0.6) is 5.75 Å². The molecule has 1 heterocycles. The molecule has 1 amide bonds. The Balaban J connectivity index is 1.89. The van der Waals surface area contributed by atoms with Crippen LogP contribution in [0.3, 0.4) is 0 Å². The average Bonchev–Trinajstić information content (AvgIpc) is 2.38. The van der Waals surface area contributed by atoms with Crippen molar-refractivity contribution in [3.8, 4) is 5.75 Å². The molecule has 0 saturated carbocycles. The summed E-state index contributed by atoms with van der Waals surface area (Å²) in [5.74, 6) is 0.583. The van der Waals surface area contributed by atoms with Gasteiger partial charge in [0.25, 0.3) is 5.91 Å². The van der Waals surface area contributed by atoms with Crippen molar-refractivity contribution in [2.75, 3.05) is 6.61 Å². The van der Waals surface area contributed by atoms with Crippen molar-refractivity contribution in [3.05, 3.63) is 29.8 Å². The Bertz CT molecular complexity index is 452. The van der Waals surface area contributed by atoms with Crippen molar-refractivity contribution < 1.29 is 9.53 Å². The van der Waals surface area contributed by atoms with Crippen LogP contribution in [0.2, 0.25) is 0 Å². The molecule has 0 saturated heterocycles. The van der Waals surface area contributed by atoms with Crippen LogP contribution in [0.1, 0.15) is 38.2 Å². The third-order valence-corrected chi connectivity index (χ3v) is 2.90. The van der Waals surface area contributed by atoms with E-state index >= 15 is 0 Å². The van der Waals surface area contributed by atoms with Gasteiger partial charge in [-0.2, -0.15) is 0 Å². The van der Waals surface area contributed by atoms with Gasteiger partial charge < -0.3 is 4.74 Å². The fourth-order valence-corrected chi connectivity index (χ4v) is 1.89. The molecule has 1 aliphatic rings. The molecule has 0 atom stereocenters. The first-order valence-corrected chi connectivity index (χ1v) is 6.50. The standard InChI is InChI=1S/C15H18NO2/c1-2-3-4-5-10-18-13-8-6-12-7-9-15(17)16-14(12)11-13/h6-9,11H,2-5,10H2,1H3. The predicted octanol–water partition coefficient (Wildman–Crippen LogP) is 3.44. The van der Waals surface area contributed by atoms with Gasteiger partial charge in [-0.15, -0.1) is 0 Å². The van der Waals surface area contributed by atoms with E-state index < -0.39 is 0 Å². The summed E-state index contributed by atoms with van der Waals surface area (Å²) in [6.07, 6.45) is 8.02. The molecule has 95 valence electrons. The second-order valence-electron chi connectivity index (χ2n) is 4.41. The molecule has 0 N–H and O–H groups in total. The topological polar surface area (TPSA) is 40.4 Å². The number of hydrogen-bond donors (Lipinski definition) is 0. The fraction of sp³-hybridized carbons (Fsp3) is 0.400. The van der Waals surface area contributed by atoms with Crippen molar-refractivity contribution in [2.45, 2.75) is 32.6 Å². The maximum Gasteiger partial charge on any atom is 0.270 e. The quantitative estimate of drug-likeness (QED) is 0.719. The lowest BCUT2D eigenvalue weighted by Crippen LogP contribution is -2.11. The largest absolute Gasteiger partial charge is 0.494 e. The van der Waals surface area contributed by atoms with E-state index in [0.717, 1.165) is 24.3 Å². The summed E-state index contributed by atoms with van der Waals surface area (Å²) >= 11 is 0. The van der Waals surface area contributed by atoms with E-state index in [1.165, 1.54) is 25.3 Å². The second kappa shape index (κ2) is 6.24. The Kier molecular flexibility index (Phi) is 4.40. The highest BCUT2D eigenvalue weighted by atomic mass is 16.5. The Labute approximate surface area is 108 Å². The number of carbonyl (C=O) groups is 1. The molecule has 0 spiro atoms. The van der Waals surface area contributed by atoms with E-state index in [-0.39, 0.29) is 5.91 Å². The van der Waals surface area contributed by atoms with Gasteiger partial charge in [0.15, 0.2) is 0 Å². The van der Waals surface area contributed by atoms with Crippen molar-refractivity contribution in [3.63, 3.8) is 0 Å². The smallest absolute Gasteiger partial charge is 0.270 e. The number of nitrogens with zero attached hydrogens (tertiary/aromatic N) is 1. The molecule has 3 heteroatoms. The average molecular weight is 244 g/mol. The summed E-state index contributed by atoms with van der Waals surface area (Å²) in [5, 5.41) is 3.96. The molecule has 3 nitrogen and oxygen atoms in total. The van der Waals surface area contributed by atoms with Crippen molar-refractivity contribution >= 4 is 17.7 Å². The molecule has 2 rings (SSSR count). The minimum absolute atomic E-state index is 0.206. The van der Waals surface area contributed by atoms with Gasteiger partial charge in [0.2, 0.25) is 0 Å². The van der Waals surface area contributed by atoms with Gasteiger partial charge in [0, 0.05) is 17.7 Å². The third kappa shape index (κ3) is 3.36. The highest BCUT2D eigenvalue weighted by Gasteiger charge is 2.11. The van der Waals surface area contributed by atoms with E-state index in [2.05, 4.69) is 12.2 Å². The molecule has 0 unspecified atom stereocenters. The number of fused-ring (bicyclic) bond motifs is 1. The fourth-order valence-electron chi connectivity index (χ4n) is 1.89. The highest BCUT2D eigenvalue weighted by Crippen LogP contribution is 2.26. The lowest BCUT2D eigenvalue weighted by Gasteiger charge is -2.12. The zero-order valence-corrected chi connectivity index (χ0v) is 10.7. The number of rotatable bonds is 6. The number of benzene rings is 1. The molecule has 0 fully saturated rings. The zero-order chi connectivity index (χ0) is 12.8. The lowest BCUT2D eigenvalue weighted by atomic mass is 10.1. The summed E-state index contributed by atoms with van der Waals surface area (Å²) in [4.78, 5) is 11.2. The predicted molar refractivity (Wildman–Crippen MR) is 71.9 cm³/mol. The number of carbonyl (C=O) groups excluding carboxylic acids is 1. The molecule has 0 bridgehead atoms. The van der Waals surface area contributed by atoms with Crippen molar-refractivity contribution in [1.29, 1.82) is 0 Å². The first-order valence-electron chi connectivity index (χ1n) is 6.50. The van der Waals surface area contributed by atoms with Gasteiger partial charge in [-0.1, -0.05) is 26.2 Å². The summed E-state index contributed by atoms with van der Waals surface area (Å²) in [7, 11) is 0. The SMILES string of the molecule is CCCCCCOc1ccc2c(c1)[N]C(=O)C=C2. The van der Waals surface area contributed by atoms with Crippen LogP contribution in [0, 0.1) is 0 Å². The molecule has 1 aromatic carbocycles. The van der Waals surface area contributed by atoms with E-state index in [0.29, 0.717) is 5.69 Å². The molecule has 18 heavy (non-hydrogen) atoms. The van der Waals surface area contributed by atoms with Gasteiger partial charge >= 0.3 is 0 Å². The zero-order valence-electron chi connectivity index (χ0n) is 10.7. The van der Waals surface area contributed by atoms with Crippen LogP contribution in [-0.2, 0) is 4.79 Å². The molecule has 1 radical (unpaired) electrons. The van der Waals surface area contributed by atoms with Crippen LogP contribution in [0.4, 0.5) is 5.69 Å². The van der Waals surface area contributed by atoms with Crippen molar-refractivity contribution in [1.82, 2.24) is 5.32 Å². The van der Waals surface area contributed by atoms with Gasteiger partial charge in [0.05, 0.1) is 12.3 Å². The molecule has 0 aliphatic carbocycles. The first kappa shape index (κ1) is 12.7. The maximum atomic E-state index is 11.2. The Morgan fingerprint density at radius 3 is 2.89 bits per heavy atom.